The van der Waals surface area contributed by atoms with E-state index in [0.717, 1.165) is 22.5 Å². The Bertz CT molecular complexity index is 945. The molecule has 4 rings (SSSR count). The van der Waals surface area contributed by atoms with Gasteiger partial charge in [0.05, 0.1) is 23.0 Å². The number of aliphatic imine (C=N–C) groups is 1. The number of nitriles is 1. The summed E-state index contributed by atoms with van der Waals surface area (Å²) in [5, 5.41) is 13.7. The molecular formula is C18H15N5O. The quantitative estimate of drug-likeness (QED) is 0.800. The van der Waals surface area contributed by atoms with Crippen LogP contribution in [0.15, 0.2) is 41.5 Å². The fraction of sp³-hybridized carbons (Fsp3) is 0.222. The number of hydrogen-bond donors (Lipinski definition) is 0. The van der Waals surface area contributed by atoms with E-state index in [1.54, 1.807) is 9.58 Å². The highest BCUT2D eigenvalue weighted by Crippen LogP contribution is 2.32. The van der Waals surface area contributed by atoms with Crippen LogP contribution in [0, 0.1) is 11.3 Å². The fourth-order valence-corrected chi connectivity index (χ4v) is 3.22. The molecule has 3 heterocycles. The Morgan fingerprint density at radius 1 is 1.29 bits per heavy atom. The number of carbonyl (C=O) groups excluding carboxylic acids is 1. The maximum absolute atomic E-state index is 12.5. The summed E-state index contributed by atoms with van der Waals surface area (Å²) in [7, 11) is 1.85. The van der Waals surface area contributed by atoms with E-state index >= 15 is 0 Å². The normalized spacial score (nSPS) is 16.5. The van der Waals surface area contributed by atoms with Crippen LogP contribution in [0.1, 0.15) is 22.4 Å². The fourth-order valence-electron chi connectivity index (χ4n) is 3.22. The molecular weight excluding hydrogens is 302 g/mol. The zero-order valence-electron chi connectivity index (χ0n) is 13.2. The largest absolute Gasteiger partial charge is 0.310 e. The molecule has 1 aromatic carbocycles. The van der Waals surface area contributed by atoms with Crippen molar-refractivity contribution in [3.8, 4) is 6.07 Å². The van der Waals surface area contributed by atoms with E-state index in [9.17, 15) is 10.1 Å². The third kappa shape index (κ3) is 2.22. The van der Waals surface area contributed by atoms with E-state index in [-0.39, 0.29) is 12.5 Å². The second kappa shape index (κ2) is 5.46. The highest BCUT2D eigenvalue weighted by atomic mass is 16.2. The predicted molar refractivity (Wildman–Crippen MR) is 89.2 cm³/mol. The second-order valence-electron chi connectivity index (χ2n) is 5.84. The Labute approximate surface area is 139 Å². The first-order valence-electron chi connectivity index (χ1n) is 7.76. The molecule has 24 heavy (non-hydrogen) atoms. The van der Waals surface area contributed by atoms with Gasteiger partial charge in [0.25, 0.3) is 0 Å². The van der Waals surface area contributed by atoms with E-state index in [1.807, 2.05) is 43.6 Å². The number of aromatic nitrogens is 2. The third-order valence-corrected chi connectivity index (χ3v) is 4.38. The predicted octanol–water partition coefficient (Wildman–Crippen LogP) is 1.52. The van der Waals surface area contributed by atoms with Crippen LogP contribution in [0.2, 0.25) is 0 Å². The van der Waals surface area contributed by atoms with Crippen molar-refractivity contribution in [2.45, 2.75) is 6.42 Å². The number of rotatable bonds is 1. The summed E-state index contributed by atoms with van der Waals surface area (Å²) >= 11 is 0. The molecule has 0 aliphatic carbocycles. The van der Waals surface area contributed by atoms with Crippen molar-refractivity contribution in [1.82, 2.24) is 14.7 Å². The number of hydrogen-bond acceptors (Lipinski definition) is 4. The molecule has 0 fully saturated rings. The van der Waals surface area contributed by atoms with E-state index < -0.39 is 0 Å². The van der Waals surface area contributed by atoms with Gasteiger partial charge in [-0.2, -0.15) is 10.4 Å². The minimum Gasteiger partial charge on any atom is -0.310 e. The van der Waals surface area contributed by atoms with Gasteiger partial charge < -0.3 is 4.90 Å². The van der Waals surface area contributed by atoms with Crippen LogP contribution >= 0.6 is 0 Å². The summed E-state index contributed by atoms with van der Waals surface area (Å²) in [6, 6.07) is 9.77. The zero-order valence-corrected chi connectivity index (χ0v) is 13.2. The van der Waals surface area contributed by atoms with Gasteiger partial charge in [-0.15, -0.1) is 0 Å². The first kappa shape index (κ1) is 14.4. The molecule has 2 aromatic rings. The first-order chi connectivity index (χ1) is 11.7. The standard InChI is InChI=1S/C18H15N5O/c1-22-7-6-15(21-22)16-9-17-14-4-2-3-12(10-19)13(14)5-8-23(17)18(24)11-20-16/h2-4,6-7,9H,5,8,11H2,1H3. The van der Waals surface area contributed by atoms with E-state index in [4.69, 9.17) is 0 Å². The van der Waals surface area contributed by atoms with Crippen LogP contribution in [0.4, 0.5) is 0 Å². The average Bonchev–Trinajstić information content (AvgIpc) is 2.95. The van der Waals surface area contributed by atoms with Crippen LogP contribution < -0.4 is 0 Å². The summed E-state index contributed by atoms with van der Waals surface area (Å²) in [5.41, 5.74) is 4.83. The van der Waals surface area contributed by atoms with Gasteiger partial charge in [0, 0.05) is 25.4 Å². The third-order valence-electron chi connectivity index (χ3n) is 4.38. The highest BCUT2D eigenvalue weighted by Gasteiger charge is 2.29. The summed E-state index contributed by atoms with van der Waals surface area (Å²) in [6.07, 6.45) is 4.44. The lowest BCUT2D eigenvalue weighted by atomic mass is 9.91. The molecule has 118 valence electrons. The molecule has 1 aromatic heterocycles. The van der Waals surface area contributed by atoms with Crippen LogP contribution in [0.5, 0.6) is 0 Å². The van der Waals surface area contributed by atoms with Gasteiger partial charge in [0.1, 0.15) is 12.2 Å². The lowest BCUT2D eigenvalue weighted by Gasteiger charge is -2.31. The van der Waals surface area contributed by atoms with Gasteiger partial charge >= 0.3 is 0 Å². The Balaban J connectivity index is 1.89. The van der Waals surface area contributed by atoms with Crippen LogP contribution in [0.25, 0.3) is 5.70 Å². The van der Waals surface area contributed by atoms with Gasteiger partial charge in [-0.25, -0.2) is 0 Å². The van der Waals surface area contributed by atoms with Gasteiger partial charge in [-0.1, -0.05) is 12.1 Å². The van der Waals surface area contributed by atoms with E-state index in [0.29, 0.717) is 24.2 Å². The summed E-state index contributed by atoms with van der Waals surface area (Å²) in [5.74, 6) is -0.0276. The van der Waals surface area contributed by atoms with Gasteiger partial charge in [-0.3, -0.25) is 14.5 Å². The van der Waals surface area contributed by atoms with Gasteiger partial charge in [0.15, 0.2) is 0 Å². The number of carbonyl (C=O) groups is 1. The topological polar surface area (TPSA) is 74.3 Å². The lowest BCUT2D eigenvalue weighted by Crippen LogP contribution is -2.36. The highest BCUT2D eigenvalue weighted by molar-refractivity contribution is 6.14. The monoisotopic (exact) mass is 317 g/mol. The van der Waals surface area contributed by atoms with Crippen molar-refractivity contribution in [1.29, 1.82) is 5.26 Å². The number of benzene rings is 1. The van der Waals surface area contributed by atoms with Gasteiger partial charge in [-0.05, 0) is 30.2 Å². The van der Waals surface area contributed by atoms with Crippen molar-refractivity contribution >= 4 is 17.3 Å². The zero-order chi connectivity index (χ0) is 16.7. The molecule has 0 bridgehead atoms. The van der Waals surface area contributed by atoms with Crippen molar-refractivity contribution in [3.63, 3.8) is 0 Å². The van der Waals surface area contributed by atoms with Crippen LogP contribution in [0.3, 0.4) is 0 Å². The second-order valence-corrected chi connectivity index (χ2v) is 5.84. The molecule has 6 nitrogen and oxygen atoms in total. The molecule has 0 atom stereocenters. The molecule has 0 N–H and O–H groups in total. The Morgan fingerprint density at radius 2 is 2.17 bits per heavy atom. The molecule has 1 amide bonds. The molecule has 0 radical (unpaired) electrons. The molecule has 0 saturated heterocycles. The number of fused-ring (bicyclic) bond motifs is 3. The summed E-state index contributed by atoms with van der Waals surface area (Å²) in [4.78, 5) is 18.7. The SMILES string of the molecule is Cn1ccc(C2=NCC(=O)N3CCc4c(C#N)cccc4C3=C2)n1. The van der Waals surface area contributed by atoms with Gasteiger partial charge in [0.2, 0.25) is 5.91 Å². The van der Waals surface area contributed by atoms with Crippen molar-refractivity contribution < 1.29 is 4.79 Å². The van der Waals surface area contributed by atoms with Crippen molar-refractivity contribution in [2.75, 3.05) is 13.1 Å². The molecule has 2 aliphatic rings. The van der Waals surface area contributed by atoms with E-state index in [1.165, 1.54) is 0 Å². The minimum absolute atomic E-state index is 0.0276. The maximum atomic E-state index is 12.5. The summed E-state index contributed by atoms with van der Waals surface area (Å²) in [6.45, 7) is 0.681. The first-order valence-corrected chi connectivity index (χ1v) is 7.76. The minimum atomic E-state index is -0.0276. The van der Waals surface area contributed by atoms with Crippen LogP contribution in [-0.2, 0) is 18.3 Å². The van der Waals surface area contributed by atoms with Crippen LogP contribution in [-0.4, -0.2) is 39.4 Å². The Hall–Kier alpha value is -3.20. The van der Waals surface area contributed by atoms with Crippen molar-refractivity contribution in [3.05, 3.63) is 58.9 Å². The maximum Gasteiger partial charge on any atom is 0.248 e. The molecule has 0 saturated carbocycles. The Morgan fingerprint density at radius 3 is 2.92 bits per heavy atom. The lowest BCUT2D eigenvalue weighted by molar-refractivity contribution is -0.126. The number of nitrogens with zero attached hydrogens (tertiary/aromatic N) is 5. The Kier molecular flexibility index (Phi) is 3.28. The van der Waals surface area contributed by atoms with Crippen molar-refractivity contribution in [2.24, 2.45) is 12.0 Å². The smallest absolute Gasteiger partial charge is 0.248 e. The molecule has 6 heteroatoms. The molecule has 0 spiro atoms. The molecule has 0 unspecified atom stereocenters. The number of aryl methyl sites for hydroxylation is 1. The number of amides is 1. The number of allylic oxidation sites excluding steroid dienone is 1. The average molecular weight is 317 g/mol. The van der Waals surface area contributed by atoms with E-state index in [2.05, 4.69) is 16.2 Å². The molecule has 2 aliphatic heterocycles. The summed E-state index contributed by atoms with van der Waals surface area (Å²) < 4.78 is 1.71.